The molecule has 1 saturated carbocycles. The lowest BCUT2D eigenvalue weighted by Crippen LogP contribution is -2.35. The minimum Gasteiger partial charge on any atom is -0.377 e. The molecule has 1 aliphatic rings. The van der Waals surface area contributed by atoms with E-state index in [1.54, 1.807) is 0 Å². The van der Waals surface area contributed by atoms with E-state index in [2.05, 4.69) is 17.4 Å². The maximum absolute atomic E-state index is 12.7. The molecule has 3 rings (SSSR count). The third kappa shape index (κ3) is 2.64. The van der Waals surface area contributed by atoms with E-state index in [1.165, 1.54) is 5.56 Å². The van der Waals surface area contributed by atoms with E-state index in [0.717, 1.165) is 24.1 Å². The zero-order valence-electron chi connectivity index (χ0n) is 12.5. The Kier molecular flexibility index (Phi) is 3.42. The van der Waals surface area contributed by atoms with Crippen molar-refractivity contribution in [1.82, 2.24) is 5.32 Å². The van der Waals surface area contributed by atoms with E-state index >= 15 is 0 Å². The minimum absolute atomic E-state index is 0.000605. The van der Waals surface area contributed by atoms with Crippen molar-refractivity contribution >= 4 is 11.6 Å². The Morgan fingerprint density at radius 1 is 1.00 bits per heavy atom. The average molecular weight is 280 g/mol. The summed E-state index contributed by atoms with van der Waals surface area (Å²) in [5.74, 6) is 0.000605. The van der Waals surface area contributed by atoms with Crippen LogP contribution in [0.4, 0.5) is 5.69 Å². The van der Waals surface area contributed by atoms with Crippen molar-refractivity contribution in [3.8, 4) is 0 Å². The predicted molar refractivity (Wildman–Crippen MR) is 85.6 cm³/mol. The molecular formula is C18H20N2O. The Morgan fingerprint density at radius 3 is 2.24 bits per heavy atom. The van der Waals surface area contributed by atoms with Gasteiger partial charge in [0, 0.05) is 19.8 Å². The van der Waals surface area contributed by atoms with Gasteiger partial charge >= 0.3 is 0 Å². The fraction of sp³-hybridized carbons (Fsp3) is 0.278. The van der Waals surface area contributed by atoms with Crippen molar-refractivity contribution in [2.45, 2.75) is 18.4 Å². The SMILES string of the molecule is CN(C)c1ccccc1C(=O)NC1(c2ccccc2)CC1. The lowest BCUT2D eigenvalue weighted by Gasteiger charge is -2.21. The van der Waals surface area contributed by atoms with Gasteiger partial charge in [-0.05, 0) is 30.5 Å². The Bertz CT molecular complexity index is 645. The topological polar surface area (TPSA) is 32.3 Å². The zero-order valence-corrected chi connectivity index (χ0v) is 12.5. The number of benzene rings is 2. The van der Waals surface area contributed by atoms with Crippen LogP contribution in [0.15, 0.2) is 54.6 Å². The van der Waals surface area contributed by atoms with Gasteiger partial charge in [0.25, 0.3) is 5.91 Å². The summed E-state index contributed by atoms with van der Waals surface area (Å²) < 4.78 is 0. The summed E-state index contributed by atoms with van der Waals surface area (Å²) in [5.41, 5.74) is 2.70. The molecule has 0 unspecified atom stereocenters. The molecule has 1 N–H and O–H groups in total. The second-order valence-corrected chi connectivity index (χ2v) is 5.81. The van der Waals surface area contributed by atoms with Gasteiger partial charge in [-0.15, -0.1) is 0 Å². The number of carbonyl (C=O) groups excluding carboxylic acids is 1. The highest BCUT2D eigenvalue weighted by Gasteiger charge is 2.45. The Balaban J connectivity index is 1.85. The standard InChI is InChI=1S/C18H20N2O/c1-20(2)16-11-7-6-10-15(16)17(21)19-18(12-13-18)14-8-4-3-5-9-14/h3-11H,12-13H2,1-2H3,(H,19,21). The van der Waals surface area contributed by atoms with Gasteiger partial charge in [-0.1, -0.05) is 42.5 Å². The van der Waals surface area contributed by atoms with Crippen LogP contribution in [-0.2, 0) is 5.54 Å². The van der Waals surface area contributed by atoms with Crippen LogP contribution in [0.5, 0.6) is 0 Å². The van der Waals surface area contributed by atoms with Crippen molar-refractivity contribution in [3.63, 3.8) is 0 Å². The Morgan fingerprint density at radius 2 is 1.62 bits per heavy atom. The number of carbonyl (C=O) groups is 1. The number of rotatable bonds is 4. The van der Waals surface area contributed by atoms with Crippen molar-refractivity contribution in [2.75, 3.05) is 19.0 Å². The lowest BCUT2D eigenvalue weighted by molar-refractivity contribution is 0.0931. The molecule has 3 nitrogen and oxygen atoms in total. The summed E-state index contributed by atoms with van der Waals surface area (Å²) in [7, 11) is 3.91. The molecule has 1 amide bonds. The molecule has 108 valence electrons. The van der Waals surface area contributed by atoms with E-state index in [9.17, 15) is 4.79 Å². The molecule has 3 heteroatoms. The summed E-state index contributed by atoms with van der Waals surface area (Å²) >= 11 is 0. The van der Waals surface area contributed by atoms with Gasteiger partial charge in [-0.25, -0.2) is 0 Å². The van der Waals surface area contributed by atoms with Crippen LogP contribution in [0.3, 0.4) is 0 Å². The van der Waals surface area contributed by atoms with Crippen molar-refractivity contribution < 1.29 is 4.79 Å². The molecule has 2 aromatic carbocycles. The van der Waals surface area contributed by atoms with Gasteiger partial charge in [0.05, 0.1) is 11.1 Å². The number of anilines is 1. The van der Waals surface area contributed by atoms with Gasteiger partial charge in [-0.2, -0.15) is 0 Å². The molecule has 2 aromatic rings. The first kappa shape index (κ1) is 13.7. The Labute approximate surface area is 125 Å². The molecule has 0 aliphatic heterocycles. The number of para-hydroxylation sites is 1. The van der Waals surface area contributed by atoms with Crippen molar-refractivity contribution in [2.24, 2.45) is 0 Å². The number of hydrogen-bond donors (Lipinski definition) is 1. The first-order chi connectivity index (χ1) is 10.1. The molecular weight excluding hydrogens is 260 g/mol. The molecule has 0 bridgehead atoms. The smallest absolute Gasteiger partial charge is 0.254 e. The maximum Gasteiger partial charge on any atom is 0.254 e. The van der Waals surface area contributed by atoms with Gasteiger partial charge in [0.15, 0.2) is 0 Å². The molecule has 0 saturated heterocycles. The molecule has 0 radical (unpaired) electrons. The number of hydrogen-bond acceptors (Lipinski definition) is 2. The van der Waals surface area contributed by atoms with Crippen LogP contribution < -0.4 is 10.2 Å². The third-order valence-corrected chi connectivity index (χ3v) is 4.06. The third-order valence-electron chi connectivity index (χ3n) is 4.06. The predicted octanol–water partition coefficient (Wildman–Crippen LogP) is 3.17. The molecule has 1 aliphatic carbocycles. The maximum atomic E-state index is 12.7. The second-order valence-electron chi connectivity index (χ2n) is 5.81. The van der Waals surface area contributed by atoms with Crippen LogP contribution >= 0.6 is 0 Å². The molecule has 0 spiro atoms. The van der Waals surface area contributed by atoms with E-state index in [1.807, 2.05) is 61.5 Å². The van der Waals surface area contributed by atoms with Crippen LogP contribution in [0.2, 0.25) is 0 Å². The summed E-state index contributed by atoms with van der Waals surface area (Å²) in [4.78, 5) is 14.6. The second kappa shape index (κ2) is 5.24. The van der Waals surface area contributed by atoms with E-state index in [0.29, 0.717) is 0 Å². The van der Waals surface area contributed by atoms with Crippen molar-refractivity contribution in [3.05, 3.63) is 65.7 Å². The highest BCUT2D eigenvalue weighted by molar-refractivity contribution is 6.00. The van der Waals surface area contributed by atoms with Crippen molar-refractivity contribution in [1.29, 1.82) is 0 Å². The highest BCUT2D eigenvalue weighted by atomic mass is 16.1. The van der Waals surface area contributed by atoms with Crippen LogP contribution in [0.25, 0.3) is 0 Å². The number of amides is 1. The van der Waals surface area contributed by atoms with E-state index < -0.39 is 0 Å². The summed E-state index contributed by atoms with van der Waals surface area (Å²) in [6.07, 6.45) is 2.01. The van der Waals surface area contributed by atoms with Gasteiger partial charge in [-0.3, -0.25) is 4.79 Å². The molecule has 0 aromatic heterocycles. The van der Waals surface area contributed by atoms with Crippen LogP contribution in [0.1, 0.15) is 28.8 Å². The van der Waals surface area contributed by atoms with E-state index in [-0.39, 0.29) is 11.4 Å². The summed E-state index contributed by atoms with van der Waals surface area (Å²) in [5, 5.41) is 3.23. The van der Waals surface area contributed by atoms with E-state index in [4.69, 9.17) is 0 Å². The Hall–Kier alpha value is -2.29. The van der Waals surface area contributed by atoms with Crippen LogP contribution in [0, 0.1) is 0 Å². The minimum atomic E-state index is -0.169. The van der Waals surface area contributed by atoms with Gasteiger partial charge in [0.1, 0.15) is 0 Å². The first-order valence-corrected chi connectivity index (χ1v) is 7.27. The van der Waals surface area contributed by atoms with Crippen LogP contribution in [-0.4, -0.2) is 20.0 Å². The monoisotopic (exact) mass is 280 g/mol. The fourth-order valence-electron chi connectivity index (χ4n) is 2.71. The summed E-state index contributed by atoms with van der Waals surface area (Å²) in [6, 6.07) is 17.9. The lowest BCUT2D eigenvalue weighted by atomic mass is 10.0. The number of nitrogens with one attached hydrogen (secondary N) is 1. The zero-order chi connectivity index (χ0) is 14.9. The van der Waals surface area contributed by atoms with Gasteiger partial charge < -0.3 is 10.2 Å². The average Bonchev–Trinajstić information content (AvgIpc) is 3.29. The molecule has 1 fully saturated rings. The largest absolute Gasteiger partial charge is 0.377 e. The normalized spacial score (nSPS) is 15.3. The quantitative estimate of drug-likeness (QED) is 0.933. The number of nitrogens with zero attached hydrogens (tertiary/aromatic N) is 1. The van der Waals surface area contributed by atoms with Gasteiger partial charge in [0.2, 0.25) is 0 Å². The highest BCUT2D eigenvalue weighted by Crippen LogP contribution is 2.45. The molecule has 21 heavy (non-hydrogen) atoms. The molecule has 0 heterocycles. The molecule has 0 atom stereocenters. The first-order valence-electron chi connectivity index (χ1n) is 7.27. The summed E-state index contributed by atoms with van der Waals surface area (Å²) in [6.45, 7) is 0. The fourth-order valence-corrected chi connectivity index (χ4v) is 2.71.